The van der Waals surface area contributed by atoms with Gasteiger partial charge in [-0.3, -0.25) is 19.1 Å². The Hall–Kier alpha value is -2.96. The zero-order valence-electron chi connectivity index (χ0n) is 14.1. The SMILES string of the molecule is Cn1cc(C(=O)N2CCCC2Cn2cccn2)c(-c2cccnc2)n1. The smallest absolute Gasteiger partial charge is 0.258 e. The summed E-state index contributed by atoms with van der Waals surface area (Å²) in [5.74, 6) is 0.0293. The van der Waals surface area contributed by atoms with Gasteiger partial charge in [-0.05, 0) is 31.0 Å². The molecule has 1 unspecified atom stereocenters. The monoisotopic (exact) mass is 336 g/mol. The lowest BCUT2D eigenvalue weighted by molar-refractivity contribution is 0.0722. The number of rotatable bonds is 4. The van der Waals surface area contributed by atoms with Crippen molar-refractivity contribution in [3.8, 4) is 11.3 Å². The van der Waals surface area contributed by atoms with Crippen molar-refractivity contribution in [2.45, 2.75) is 25.4 Å². The second-order valence-corrected chi connectivity index (χ2v) is 6.33. The third kappa shape index (κ3) is 3.05. The molecule has 0 aromatic carbocycles. The topological polar surface area (TPSA) is 68.8 Å². The minimum atomic E-state index is 0.0293. The maximum atomic E-state index is 13.2. The molecule has 1 saturated heterocycles. The summed E-state index contributed by atoms with van der Waals surface area (Å²) in [7, 11) is 1.84. The molecule has 0 saturated carbocycles. The highest BCUT2D eigenvalue weighted by molar-refractivity contribution is 6.00. The van der Waals surface area contributed by atoms with Gasteiger partial charge in [-0.2, -0.15) is 10.2 Å². The highest BCUT2D eigenvalue weighted by Crippen LogP contribution is 2.26. The Labute approximate surface area is 145 Å². The molecule has 1 fully saturated rings. The van der Waals surface area contributed by atoms with E-state index >= 15 is 0 Å². The van der Waals surface area contributed by atoms with E-state index in [9.17, 15) is 4.79 Å². The summed E-state index contributed by atoms with van der Waals surface area (Å²) in [6.45, 7) is 1.49. The van der Waals surface area contributed by atoms with Crippen molar-refractivity contribution in [2.24, 2.45) is 7.05 Å². The molecule has 4 rings (SSSR count). The van der Waals surface area contributed by atoms with Gasteiger partial charge in [0.05, 0.1) is 18.2 Å². The van der Waals surface area contributed by atoms with Gasteiger partial charge >= 0.3 is 0 Å². The minimum Gasteiger partial charge on any atom is -0.334 e. The van der Waals surface area contributed by atoms with Crippen LogP contribution in [0.2, 0.25) is 0 Å². The fraction of sp³-hybridized carbons (Fsp3) is 0.333. The summed E-state index contributed by atoms with van der Waals surface area (Å²) in [6.07, 6.45) is 11.0. The normalized spacial score (nSPS) is 17.2. The molecule has 0 radical (unpaired) electrons. The summed E-state index contributed by atoms with van der Waals surface area (Å²) < 4.78 is 3.58. The number of pyridine rings is 1. The Morgan fingerprint density at radius 3 is 3.00 bits per heavy atom. The predicted molar refractivity (Wildman–Crippen MR) is 92.7 cm³/mol. The highest BCUT2D eigenvalue weighted by atomic mass is 16.2. The lowest BCUT2D eigenvalue weighted by atomic mass is 10.1. The molecule has 128 valence electrons. The van der Waals surface area contributed by atoms with E-state index in [1.807, 2.05) is 41.0 Å². The first-order valence-corrected chi connectivity index (χ1v) is 8.45. The van der Waals surface area contributed by atoms with E-state index in [2.05, 4.69) is 15.2 Å². The first-order chi connectivity index (χ1) is 12.2. The van der Waals surface area contributed by atoms with Crippen molar-refractivity contribution in [3.63, 3.8) is 0 Å². The van der Waals surface area contributed by atoms with Crippen LogP contribution in [0.1, 0.15) is 23.2 Å². The first-order valence-electron chi connectivity index (χ1n) is 8.45. The van der Waals surface area contributed by atoms with Crippen molar-refractivity contribution >= 4 is 5.91 Å². The van der Waals surface area contributed by atoms with Crippen molar-refractivity contribution in [1.29, 1.82) is 0 Å². The molecule has 1 aliphatic heterocycles. The number of amides is 1. The molecule has 0 bridgehead atoms. The molecule has 0 N–H and O–H groups in total. The van der Waals surface area contributed by atoms with Gasteiger partial charge in [-0.1, -0.05) is 0 Å². The van der Waals surface area contributed by atoms with Crippen LogP contribution < -0.4 is 0 Å². The van der Waals surface area contributed by atoms with Gasteiger partial charge in [-0.15, -0.1) is 0 Å². The maximum absolute atomic E-state index is 13.2. The third-order valence-corrected chi connectivity index (χ3v) is 4.59. The fourth-order valence-electron chi connectivity index (χ4n) is 3.43. The van der Waals surface area contributed by atoms with Gasteiger partial charge in [0.15, 0.2) is 0 Å². The Morgan fingerprint density at radius 2 is 2.24 bits per heavy atom. The van der Waals surface area contributed by atoms with Gasteiger partial charge in [-0.25, -0.2) is 0 Å². The van der Waals surface area contributed by atoms with Crippen LogP contribution in [0.25, 0.3) is 11.3 Å². The van der Waals surface area contributed by atoms with Crippen LogP contribution in [0.3, 0.4) is 0 Å². The van der Waals surface area contributed by atoms with Gasteiger partial charge in [0.2, 0.25) is 0 Å². The largest absolute Gasteiger partial charge is 0.334 e. The number of aromatic nitrogens is 5. The van der Waals surface area contributed by atoms with E-state index in [0.717, 1.165) is 31.5 Å². The standard InChI is InChI=1S/C18H20N6O/c1-22-13-16(17(21-22)14-5-2-7-19-11-14)18(25)24-10-3-6-15(24)12-23-9-4-8-20-23/h2,4-5,7-9,11,13,15H,3,6,10,12H2,1H3. The minimum absolute atomic E-state index is 0.0293. The molecule has 1 aliphatic rings. The van der Waals surface area contributed by atoms with Gasteiger partial charge in [0.1, 0.15) is 5.69 Å². The first kappa shape index (κ1) is 15.6. The van der Waals surface area contributed by atoms with E-state index in [1.165, 1.54) is 0 Å². The molecule has 1 amide bonds. The van der Waals surface area contributed by atoms with Gasteiger partial charge < -0.3 is 4.90 Å². The summed E-state index contributed by atoms with van der Waals surface area (Å²) in [5, 5.41) is 8.76. The van der Waals surface area contributed by atoms with E-state index in [-0.39, 0.29) is 11.9 Å². The summed E-state index contributed by atoms with van der Waals surface area (Å²) in [5.41, 5.74) is 2.17. The fourth-order valence-corrected chi connectivity index (χ4v) is 3.43. The zero-order valence-corrected chi connectivity index (χ0v) is 14.1. The molecule has 3 aromatic rings. The van der Waals surface area contributed by atoms with Crippen molar-refractivity contribution in [2.75, 3.05) is 6.54 Å². The van der Waals surface area contributed by atoms with Crippen LogP contribution in [-0.4, -0.2) is 47.9 Å². The van der Waals surface area contributed by atoms with E-state index < -0.39 is 0 Å². The number of carbonyl (C=O) groups is 1. The van der Waals surface area contributed by atoms with Crippen LogP contribution in [0.4, 0.5) is 0 Å². The van der Waals surface area contributed by atoms with Crippen LogP contribution in [0.5, 0.6) is 0 Å². The van der Waals surface area contributed by atoms with E-state index in [4.69, 9.17) is 0 Å². The number of likely N-dealkylation sites (tertiary alicyclic amines) is 1. The Morgan fingerprint density at radius 1 is 1.32 bits per heavy atom. The number of nitrogens with zero attached hydrogens (tertiary/aromatic N) is 6. The number of carbonyl (C=O) groups excluding carboxylic acids is 1. The Balaban J connectivity index is 1.62. The molecule has 3 aromatic heterocycles. The molecule has 7 nitrogen and oxygen atoms in total. The maximum Gasteiger partial charge on any atom is 0.258 e. The van der Waals surface area contributed by atoms with E-state index in [1.54, 1.807) is 29.5 Å². The lowest BCUT2D eigenvalue weighted by Gasteiger charge is -2.24. The van der Waals surface area contributed by atoms with Crippen LogP contribution in [-0.2, 0) is 13.6 Å². The van der Waals surface area contributed by atoms with Crippen LogP contribution in [0.15, 0.2) is 49.2 Å². The van der Waals surface area contributed by atoms with Crippen molar-refractivity contribution in [3.05, 3.63) is 54.7 Å². The van der Waals surface area contributed by atoms with Crippen LogP contribution in [0, 0.1) is 0 Å². The summed E-state index contributed by atoms with van der Waals surface area (Å²) >= 11 is 0. The van der Waals surface area contributed by atoms with Crippen molar-refractivity contribution < 1.29 is 4.79 Å². The Bertz CT molecular complexity index is 855. The third-order valence-electron chi connectivity index (χ3n) is 4.59. The molecule has 1 atom stereocenters. The molecular formula is C18H20N6O. The predicted octanol–water partition coefficient (Wildman–Crippen LogP) is 1.98. The van der Waals surface area contributed by atoms with Crippen LogP contribution >= 0.6 is 0 Å². The molecular weight excluding hydrogens is 316 g/mol. The average molecular weight is 336 g/mol. The number of aryl methyl sites for hydroxylation is 1. The summed E-state index contributed by atoms with van der Waals surface area (Å²) in [6, 6.07) is 5.85. The molecule has 0 aliphatic carbocycles. The summed E-state index contributed by atoms with van der Waals surface area (Å²) in [4.78, 5) is 19.3. The lowest BCUT2D eigenvalue weighted by Crippen LogP contribution is -2.38. The average Bonchev–Trinajstić information content (AvgIpc) is 3.36. The number of hydrogen-bond donors (Lipinski definition) is 0. The van der Waals surface area contributed by atoms with Gasteiger partial charge in [0, 0.05) is 50.1 Å². The molecule has 25 heavy (non-hydrogen) atoms. The molecule has 7 heteroatoms. The van der Waals surface area contributed by atoms with Crippen molar-refractivity contribution in [1.82, 2.24) is 29.4 Å². The second-order valence-electron chi connectivity index (χ2n) is 6.33. The second kappa shape index (κ2) is 6.51. The highest BCUT2D eigenvalue weighted by Gasteiger charge is 2.32. The zero-order chi connectivity index (χ0) is 17.2. The van der Waals surface area contributed by atoms with E-state index in [0.29, 0.717) is 11.3 Å². The molecule has 4 heterocycles. The molecule has 0 spiro atoms. The van der Waals surface area contributed by atoms with Gasteiger partial charge in [0.25, 0.3) is 5.91 Å². The number of hydrogen-bond acceptors (Lipinski definition) is 4. The quantitative estimate of drug-likeness (QED) is 0.730. The Kier molecular flexibility index (Phi) is 4.05.